The van der Waals surface area contributed by atoms with Crippen molar-refractivity contribution in [3.8, 4) is 0 Å². The van der Waals surface area contributed by atoms with Crippen LogP contribution in [0.3, 0.4) is 0 Å². The zero-order valence-corrected chi connectivity index (χ0v) is 16.6. The standard InChI is InChI=1S/C21H36O7/c22-8-1-16-15-20(21(5-12-26,6-13-27)7-14-28)19(4-11-25)18(3-10-24)17(16)2-9-23/h15,22-28H,1-14H2. The molecule has 0 aliphatic rings. The van der Waals surface area contributed by atoms with Crippen LogP contribution in [-0.2, 0) is 31.1 Å². The summed E-state index contributed by atoms with van der Waals surface area (Å²) >= 11 is 0. The summed E-state index contributed by atoms with van der Waals surface area (Å²) < 4.78 is 0. The first-order valence-electron chi connectivity index (χ1n) is 10.0. The minimum absolute atomic E-state index is 0.0795. The highest BCUT2D eigenvalue weighted by Crippen LogP contribution is 2.41. The molecule has 0 radical (unpaired) electrons. The maximum atomic E-state index is 9.70. The molecule has 0 atom stereocenters. The third-order valence-corrected chi connectivity index (χ3v) is 5.57. The molecule has 0 aliphatic heterocycles. The van der Waals surface area contributed by atoms with Crippen LogP contribution in [0, 0.1) is 0 Å². The van der Waals surface area contributed by atoms with Crippen molar-refractivity contribution >= 4 is 0 Å². The molecule has 162 valence electrons. The van der Waals surface area contributed by atoms with Gasteiger partial charge in [-0.3, -0.25) is 0 Å². The monoisotopic (exact) mass is 400 g/mol. The van der Waals surface area contributed by atoms with Gasteiger partial charge in [0, 0.05) is 51.7 Å². The van der Waals surface area contributed by atoms with Gasteiger partial charge in [-0.1, -0.05) is 6.07 Å². The topological polar surface area (TPSA) is 142 Å². The summed E-state index contributed by atoms with van der Waals surface area (Å²) in [6.07, 6.45) is 2.41. The number of rotatable bonds is 15. The molecule has 7 nitrogen and oxygen atoms in total. The van der Waals surface area contributed by atoms with Crippen molar-refractivity contribution < 1.29 is 35.7 Å². The van der Waals surface area contributed by atoms with Crippen LogP contribution >= 0.6 is 0 Å². The highest BCUT2D eigenvalue weighted by molar-refractivity contribution is 5.50. The number of hydrogen-bond acceptors (Lipinski definition) is 7. The summed E-state index contributed by atoms with van der Waals surface area (Å²) in [4.78, 5) is 0. The molecule has 0 unspecified atom stereocenters. The lowest BCUT2D eigenvalue weighted by atomic mass is 9.68. The molecule has 1 aromatic rings. The van der Waals surface area contributed by atoms with Crippen molar-refractivity contribution in [1.82, 2.24) is 0 Å². The van der Waals surface area contributed by atoms with E-state index >= 15 is 0 Å². The molecule has 0 bridgehead atoms. The van der Waals surface area contributed by atoms with Gasteiger partial charge in [0.2, 0.25) is 0 Å². The van der Waals surface area contributed by atoms with Gasteiger partial charge < -0.3 is 35.7 Å². The van der Waals surface area contributed by atoms with Crippen molar-refractivity contribution in [2.75, 3.05) is 46.2 Å². The fourth-order valence-electron chi connectivity index (χ4n) is 4.36. The van der Waals surface area contributed by atoms with Gasteiger partial charge in [-0.2, -0.15) is 0 Å². The molecule has 0 spiro atoms. The van der Waals surface area contributed by atoms with Crippen molar-refractivity contribution in [2.24, 2.45) is 0 Å². The molecule has 7 N–H and O–H groups in total. The Morgan fingerprint density at radius 1 is 0.500 bits per heavy atom. The lowest BCUT2D eigenvalue weighted by molar-refractivity contribution is 0.155. The van der Waals surface area contributed by atoms with E-state index in [1.807, 2.05) is 6.07 Å². The Morgan fingerprint density at radius 3 is 1.36 bits per heavy atom. The second-order valence-corrected chi connectivity index (χ2v) is 7.11. The van der Waals surface area contributed by atoms with Crippen LogP contribution in [-0.4, -0.2) is 82.0 Å². The van der Waals surface area contributed by atoms with E-state index in [9.17, 15) is 35.7 Å². The Balaban J connectivity index is 3.85. The summed E-state index contributed by atoms with van der Waals surface area (Å²) in [5.41, 5.74) is 3.52. The third kappa shape index (κ3) is 5.97. The van der Waals surface area contributed by atoms with Gasteiger partial charge in [0.1, 0.15) is 0 Å². The number of hydrogen-bond donors (Lipinski definition) is 7. The predicted octanol–water partition coefficient (Wildman–Crippen LogP) is -0.789. The van der Waals surface area contributed by atoms with Crippen LogP contribution < -0.4 is 0 Å². The van der Waals surface area contributed by atoms with E-state index in [4.69, 9.17) is 0 Å². The van der Waals surface area contributed by atoms with Gasteiger partial charge in [-0.05, 0) is 72.8 Å². The summed E-state index contributed by atoms with van der Waals surface area (Å²) in [5, 5.41) is 67.5. The fourth-order valence-corrected chi connectivity index (χ4v) is 4.36. The summed E-state index contributed by atoms with van der Waals surface area (Å²) in [6.45, 7) is -0.750. The molecule has 0 aromatic heterocycles. The normalized spacial score (nSPS) is 12.0. The van der Waals surface area contributed by atoms with E-state index in [1.165, 1.54) is 0 Å². The quantitative estimate of drug-likeness (QED) is 0.205. The second kappa shape index (κ2) is 13.2. The maximum absolute atomic E-state index is 9.70. The van der Waals surface area contributed by atoms with Crippen LogP contribution in [0.2, 0.25) is 0 Å². The van der Waals surface area contributed by atoms with Gasteiger partial charge >= 0.3 is 0 Å². The molecule has 1 aromatic carbocycles. The first-order chi connectivity index (χ1) is 13.6. The van der Waals surface area contributed by atoms with E-state index < -0.39 is 5.41 Å². The third-order valence-electron chi connectivity index (χ3n) is 5.57. The molecular weight excluding hydrogens is 364 g/mol. The van der Waals surface area contributed by atoms with Crippen LogP contribution in [0.1, 0.15) is 47.1 Å². The minimum Gasteiger partial charge on any atom is -0.396 e. The van der Waals surface area contributed by atoms with E-state index in [1.54, 1.807) is 0 Å². The number of aliphatic hydroxyl groups is 7. The van der Waals surface area contributed by atoms with E-state index in [0.717, 1.165) is 27.8 Å². The Bertz CT molecular complexity index is 557. The lowest BCUT2D eigenvalue weighted by Crippen LogP contribution is -2.33. The number of aliphatic hydroxyl groups excluding tert-OH is 7. The van der Waals surface area contributed by atoms with Crippen LogP contribution in [0.15, 0.2) is 6.07 Å². The van der Waals surface area contributed by atoms with Gasteiger partial charge in [0.05, 0.1) is 0 Å². The summed E-state index contributed by atoms with van der Waals surface area (Å²) in [7, 11) is 0. The molecular formula is C21H36O7. The van der Waals surface area contributed by atoms with Crippen molar-refractivity contribution in [3.63, 3.8) is 0 Å². The van der Waals surface area contributed by atoms with Crippen LogP contribution in [0.25, 0.3) is 0 Å². The molecule has 0 amide bonds. The SMILES string of the molecule is OCCc1cc(C(CCO)(CCO)CCO)c(CCO)c(CCO)c1CCO. The molecule has 0 fully saturated rings. The first-order valence-corrected chi connectivity index (χ1v) is 10.0. The van der Waals surface area contributed by atoms with Gasteiger partial charge in [0.15, 0.2) is 0 Å². The molecule has 28 heavy (non-hydrogen) atoms. The maximum Gasteiger partial charge on any atom is 0.0471 e. The molecule has 7 heteroatoms. The van der Waals surface area contributed by atoms with Gasteiger partial charge in [0.25, 0.3) is 0 Å². The van der Waals surface area contributed by atoms with Gasteiger partial charge in [-0.15, -0.1) is 0 Å². The largest absolute Gasteiger partial charge is 0.396 e. The summed E-state index contributed by atoms with van der Waals surface area (Å²) in [5.74, 6) is 0. The summed E-state index contributed by atoms with van der Waals surface area (Å²) in [6, 6.07) is 1.92. The van der Waals surface area contributed by atoms with Crippen molar-refractivity contribution in [2.45, 2.75) is 50.4 Å². The van der Waals surface area contributed by atoms with Crippen LogP contribution in [0.5, 0.6) is 0 Å². The Labute approximate surface area is 166 Å². The average Bonchev–Trinajstić information content (AvgIpc) is 2.67. The van der Waals surface area contributed by atoms with Crippen molar-refractivity contribution in [3.05, 3.63) is 33.9 Å². The molecule has 1 rings (SSSR count). The second-order valence-electron chi connectivity index (χ2n) is 7.11. The van der Waals surface area contributed by atoms with Gasteiger partial charge in [-0.25, -0.2) is 0 Å². The number of benzene rings is 1. The van der Waals surface area contributed by atoms with E-state index in [2.05, 4.69) is 0 Å². The van der Waals surface area contributed by atoms with Crippen LogP contribution in [0.4, 0.5) is 0 Å². The zero-order chi connectivity index (χ0) is 21.0. The Morgan fingerprint density at radius 2 is 0.929 bits per heavy atom. The van der Waals surface area contributed by atoms with E-state index in [-0.39, 0.29) is 46.2 Å². The smallest absolute Gasteiger partial charge is 0.0471 e. The zero-order valence-electron chi connectivity index (χ0n) is 16.6. The molecule has 0 heterocycles. The first kappa shape index (κ1) is 25.0. The minimum atomic E-state index is -0.686. The highest BCUT2D eigenvalue weighted by atomic mass is 16.3. The predicted molar refractivity (Wildman–Crippen MR) is 106 cm³/mol. The molecule has 0 saturated heterocycles. The average molecular weight is 401 g/mol. The highest BCUT2D eigenvalue weighted by Gasteiger charge is 2.34. The fraction of sp³-hybridized carbons (Fsp3) is 0.714. The molecule has 0 saturated carbocycles. The van der Waals surface area contributed by atoms with Crippen molar-refractivity contribution in [1.29, 1.82) is 0 Å². The van der Waals surface area contributed by atoms with E-state index in [0.29, 0.717) is 44.9 Å². The Hall–Kier alpha value is -1.06. The Kier molecular flexibility index (Phi) is 11.8. The molecule has 0 aliphatic carbocycles. The lowest BCUT2D eigenvalue weighted by Gasteiger charge is -2.37.